The van der Waals surface area contributed by atoms with E-state index in [1.165, 1.54) is 0 Å². The number of fused-ring (bicyclic) bond motifs is 1. The molecule has 130 valence electrons. The quantitative estimate of drug-likeness (QED) is 0.600. The number of amides is 1. The normalized spacial score (nSPS) is 12.2. The van der Waals surface area contributed by atoms with Crippen LogP contribution in [-0.2, 0) is 11.3 Å². The summed E-state index contributed by atoms with van der Waals surface area (Å²) in [6.07, 6.45) is 5.24. The van der Waals surface area contributed by atoms with Crippen molar-refractivity contribution < 1.29 is 9.32 Å². The molecule has 0 bridgehead atoms. The van der Waals surface area contributed by atoms with E-state index in [-0.39, 0.29) is 18.5 Å². The van der Waals surface area contributed by atoms with Crippen molar-refractivity contribution in [1.82, 2.24) is 25.0 Å². The standard InChI is InChI=1S/C19H17N5O2/c1-13(19-22-18(23-26-19)15-6-9-20-10-7-15)21-17(25)12-24-11-8-14-4-2-3-5-16(14)24/h2-11,13H,12H2,1H3,(H,21,25)/t13-/m1/s1. The third-order valence-electron chi connectivity index (χ3n) is 4.12. The summed E-state index contributed by atoms with van der Waals surface area (Å²) in [5.41, 5.74) is 1.83. The molecule has 26 heavy (non-hydrogen) atoms. The second-order valence-corrected chi connectivity index (χ2v) is 5.98. The van der Waals surface area contributed by atoms with Crippen LogP contribution in [0.15, 0.2) is 65.6 Å². The second kappa shape index (κ2) is 6.79. The lowest BCUT2D eigenvalue weighted by Crippen LogP contribution is -2.30. The maximum absolute atomic E-state index is 12.4. The maximum atomic E-state index is 12.4. The van der Waals surface area contributed by atoms with Crippen molar-refractivity contribution in [3.05, 3.63) is 66.9 Å². The average Bonchev–Trinajstić information content (AvgIpc) is 3.30. The minimum atomic E-state index is -0.382. The molecule has 0 unspecified atom stereocenters. The van der Waals surface area contributed by atoms with E-state index in [1.54, 1.807) is 24.5 Å². The van der Waals surface area contributed by atoms with Crippen LogP contribution in [0.4, 0.5) is 0 Å². The first-order valence-corrected chi connectivity index (χ1v) is 8.28. The molecule has 0 spiro atoms. The number of para-hydroxylation sites is 1. The Bertz CT molecular complexity index is 1040. The SMILES string of the molecule is C[C@@H](NC(=O)Cn1ccc2ccccc21)c1nc(-c2ccncc2)no1. The number of nitrogens with zero attached hydrogens (tertiary/aromatic N) is 4. The van der Waals surface area contributed by atoms with Crippen LogP contribution in [0.3, 0.4) is 0 Å². The monoisotopic (exact) mass is 347 g/mol. The summed E-state index contributed by atoms with van der Waals surface area (Å²) >= 11 is 0. The van der Waals surface area contributed by atoms with E-state index in [9.17, 15) is 4.79 Å². The number of benzene rings is 1. The first kappa shape index (κ1) is 16.0. The first-order valence-electron chi connectivity index (χ1n) is 8.28. The molecule has 0 saturated carbocycles. The lowest BCUT2D eigenvalue weighted by Gasteiger charge is -2.11. The molecule has 3 aromatic heterocycles. The molecule has 4 aromatic rings. The van der Waals surface area contributed by atoms with Gasteiger partial charge in [-0.25, -0.2) is 0 Å². The van der Waals surface area contributed by atoms with Crippen molar-refractivity contribution in [3.8, 4) is 11.4 Å². The van der Waals surface area contributed by atoms with E-state index in [4.69, 9.17) is 4.52 Å². The van der Waals surface area contributed by atoms with E-state index >= 15 is 0 Å². The molecule has 1 aromatic carbocycles. The van der Waals surface area contributed by atoms with Gasteiger partial charge in [0.05, 0.1) is 0 Å². The summed E-state index contributed by atoms with van der Waals surface area (Å²) in [4.78, 5) is 20.7. The van der Waals surface area contributed by atoms with Gasteiger partial charge in [-0.3, -0.25) is 9.78 Å². The van der Waals surface area contributed by atoms with Gasteiger partial charge in [-0.05, 0) is 36.6 Å². The van der Waals surface area contributed by atoms with Gasteiger partial charge in [0, 0.05) is 29.7 Å². The van der Waals surface area contributed by atoms with Gasteiger partial charge in [0.15, 0.2) is 0 Å². The van der Waals surface area contributed by atoms with Crippen molar-refractivity contribution in [2.24, 2.45) is 0 Å². The van der Waals surface area contributed by atoms with Crippen LogP contribution in [0.25, 0.3) is 22.3 Å². The predicted octanol–water partition coefficient (Wildman–Crippen LogP) is 2.96. The van der Waals surface area contributed by atoms with E-state index in [0.29, 0.717) is 11.7 Å². The van der Waals surface area contributed by atoms with Crippen LogP contribution < -0.4 is 5.32 Å². The zero-order valence-corrected chi connectivity index (χ0v) is 14.2. The van der Waals surface area contributed by atoms with Crippen LogP contribution in [0, 0.1) is 0 Å². The summed E-state index contributed by atoms with van der Waals surface area (Å²) in [6.45, 7) is 2.04. The highest BCUT2D eigenvalue weighted by atomic mass is 16.5. The molecule has 4 rings (SSSR count). The molecule has 3 heterocycles. The van der Waals surface area contributed by atoms with Crippen LogP contribution in [0.1, 0.15) is 18.9 Å². The Morgan fingerprint density at radius 1 is 1.19 bits per heavy atom. The molecule has 7 heteroatoms. The largest absolute Gasteiger partial charge is 0.343 e. The third-order valence-corrected chi connectivity index (χ3v) is 4.12. The third kappa shape index (κ3) is 3.19. The summed E-state index contributed by atoms with van der Waals surface area (Å²) in [7, 11) is 0. The van der Waals surface area contributed by atoms with Gasteiger partial charge in [-0.2, -0.15) is 4.98 Å². The summed E-state index contributed by atoms with van der Waals surface area (Å²) < 4.78 is 7.19. The molecule has 1 amide bonds. The number of carbonyl (C=O) groups is 1. The molecule has 0 aliphatic carbocycles. The van der Waals surface area contributed by atoms with Gasteiger partial charge in [-0.1, -0.05) is 23.4 Å². The minimum Gasteiger partial charge on any atom is -0.343 e. The van der Waals surface area contributed by atoms with E-state index in [0.717, 1.165) is 16.5 Å². The molecule has 0 radical (unpaired) electrons. The van der Waals surface area contributed by atoms with E-state index < -0.39 is 0 Å². The Hall–Kier alpha value is -3.48. The average molecular weight is 347 g/mol. The lowest BCUT2D eigenvalue weighted by atomic mass is 10.2. The number of aromatic nitrogens is 4. The first-order chi connectivity index (χ1) is 12.7. The number of rotatable bonds is 5. The Kier molecular flexibility index (Phi) is 4.18. The lowest BCUT2D eigenvalue weighted by molar-refractivity contribution is -0.122. The molecule has 1 atom stereocenters. The van der Waals surface area contributed by atoms with E-state index in [2.05, 4.69) is 20.4 Å². The fourth-order valence-corrected chi connectivity index (χ4v) is 2.81. The Balaban J connectivity index is 1.44. The smallest absolute Gasteiger partial charge is 0.249 e. The van der Waals surface area contributed by atoms with Gasteiger partial charge >= 0.3 is 0 Å². The topological polar surface area (TPSA) is 85.8 Å². The molecule has 1 N–H and O–H groups in total. The number of hydrogen-bond acceptors (Lipinski definition) is 5. The Labute approximate surface area is 149 Å². The van der Waals surface area contributed by atoms with Crippen molar-refractivity contribution in [2.75, 3.05) is 0 Å². The van der Waals surface area contributed by atoms with Gasteiger partial charge in [-0.15, -0.1) is 0 Å². The molecule has 0 aliphatic heterocycles. The Morgan fingerprint density at radius 3 is 2.85 bits per heavy atom. The zero-order chi connectivity index (χ0) is 17.9. The highest BCUT2D eigenvalue weighted by molar-refractivity contribution is 5.83. The van der Waals surface area contributed by atoms with Gasteiger partial charge in [0.2, 0.25) is 17.6 Å². The molecular formula is C19H17N5O2. The number of hydrogen-bond donors (Lipinski definition) is 1. The fraction of sp³-hybridized carbons (Fsp3) is 0.158. The predicted molar refractivity (Wildman–Crippen MR) is 96.0 cm³/mol. The van der Waals surface area contributed by atoms with Crippen molar-refractivity contribution in [3.63, 3.8) is 0 Å². The van der Waals surface area contributed by atoms with Crippen LogP contribution in [0.5, 0.6) is 0 Å². The Morgan fingerprint density at radius 2 is 2.00 bits per heavy atom. The van der Waals surface area contributed by atoms with Gasteiger partial charge in [0.25, 0.3) is 0 Å². The van der Waals surface area contributed by atoms with Crippen LogP contribution in [0.2, 0.25) is 0 Å². The maximum Gasteiger partial charge on any atom is 0.249 e. The number of pyridine rings is 1. The minimum absolute atomic E-state index is 0.123. The van der Waals surface area contributed by atoms with Crippen molar-refractivity contribution in [1.29, 1.82) is 0 Å². The molecule has 0 aliphatic rings. The fourth-order valence-electron chi connectivity index (χ4n) is 2.81. The molecule has 0 fully saturated rings. The zero-order valence-electron chi connectivity index (χ0n) is 14.2. The van der Waals surface area contributed by atoms with E-state index in [1.807, 2.05) is 48.0 Å². The van der Waals surface area contributed by atoms with Gasteiger partial charge in [0.1, 0.15) is 12.6 Å². The highest BCUT2D eigenvalue weighted by Gasteiger charge is 2.17. The molecule has 7 nitrogen and oxygen atoms in total. The number of carbonyl (C=O) groups excluding carboxylic acids is 1. The summed E-state index contributed by atoms with van der Waals surface area (Å²) in [5.74, 6) is 0.713. The summed E-state index contributed by atoms with van der Waals surface area (Å²) in [5, 5.41) is 7.96. The molecule has 0 saturated heterocycles. The van der Waals surface area contributed by atoms with Gasteiger partial charge < -0.3 is 14.4 Å². The summed E-state index contributed by atoms with van der Waals surface area (Å²) in [6, 6.07) is 13.2. The molecular weight excluding hydrogens is 330 g/mol. The van der Waals surface area contributed by atoms with Crippen molar-refractivity contribution in [2.45, 2.75) is 19.5 Å². The van der Waals surface area contributed by atoms with Crippen LogP contribution in [-0.4, -0.2) is 25.6 Å². The van der Waals surface area contributed by atoms with Crippen molar-refractivity contribution >= 4 is 16.8 Å². The second-order valence-electron chi connectivity index (χ2n) is 5.98. The van der Waals surface area contributed by atoms with Crippen LogP contribution >= 0.6 is 0 Å². The number of nitrogens with one attached hydrogen (secondary N) is 1. The highest BCUT2D eigenvalue weighted by Crippen LogP contribution is 2.18.